The van der Waals surface area contributed by atoms with Gasteiger partial charge in [-0.3, -0.25) is 0 Å². The lowest BCUT2D eigenvalue weighted by molar-refractivity contribution is -0.386. The second kappa shape index (κ2) is 26.9. The first-order chi connectivity index (χ1) is 36.3. The number of rotatable bonds is 18. The third-order valence-electron chi connectivity index (χ3n) is 14.4. The summed E-state index contributed by atoms with van der Waals surface area (Å²) in [6.07, 6.45) is -65.2. The number of ether oxygens (including phenoxy) is 13. The minimum Gasteiger partial charge on any atom is -0.394 e. The Morgan fingerprint density at radius 2 is 0.519 bits per heavy atom. The molecule has 7 aliphatic rings. The first kappa shape index (κ1) is 63.2. The highest BCUT2D eigenvalue weighted by atomic mass is 16.8. The summed E-state index contributed by atoms with van der Waals surface area (Å²) < 4.78 is 72.0. The van der Waals surface area contributed by atoms with Gasteiger partial charge in [-0.2, -0.15) is 0 Å². The van der Waals surface area contributed by atoms with Crippen LogP contribution in [0.2, 0.25) is 0 Å². The Morgan fingerprint density at radius 3 is 0.883 bits per heavy atom. The molecule has 22 N–H and O–H groups in total. The van der Waals surface area contributed by atoms with E-state index < -0.39 is 255 Å². The fraction of sp³-hybridized carbons (Fsp3) is 1.00. The average Bonchev–Trinajstić information content (AvgIpc) is 3.41. The molecule has 450 valence electrons. The van der Waals surface area contributed by atoms with Gasteiger partial charge in [0, 0.05) is 0 Å². The van der Waals surface area contributed by atoms with Gasteiger partial charge >= 0.3 is 0 Å². The van der Waals surface area contributed by atoms with Crippen molar-refractivity contribution in [2.24, 2.45) is 0 Å². The van der Waals surface area contributed by atoms with Crippen LogP contribution in [0.3, 0.4) is 0 Å². The van der Waals surface area contributed by atoms with E-state index in [1.165, 1.54) is 6.92 Å². The summed E-state index contributed by atoms with van der Waals surface area (Å²) in [4.78, 5) is 0. The standard InChI is InChI=1S/C42H72O35/c1-8-15(45)26(56)35(36(64)69-8)77-42-33(63)27(57)34(76-41-32(62)22(52)17(47)10(3-44)71-41)14(75-42)7-68-40-31(61)25(55)20(50)13(74-40)6-67-39-30(60)24(54)19(49)12(73-39)5-66-38-29(59)23(53)18(48)11(72-38)4-65-37-28(58)21(51)16(46)9(2-43)70-37/h8-64H,2-7H2,1H3/t8-,9+,10+,11+,12+,13+,14+,15-,16-,17-,18-,19-,20-,21-,22-,23-,24-,25-,26+,27+,28+,29+,30+,31+,32+,33+,34+,35+,36+,37+,38+,39+,40+,41-,42+/m0/s1. The number of aliphatic hydroxyl groups is 22. The maximum Gasteiger partial charge on any atom is 0.187 e. The molecule has 0 saturated carbocycles. The third-order valence-corrected chi connectivity index (χ3v) is 14.4. The van der Waals surface area contributed by atoms with Gasteiger partial charge in [0.05, 0.1) is 45.7 Å². The second-order valence-electron chi connectivity index (χ2n) is 19.7. The van der Waals surface area contributed by atoms with Crippen molar-refractivity contribution in [2.75, 3.05) is 39.6 Å². The molecule has 0 radical (unpaired) electrons. The lowest BCUT2D eigenvalue weighted by Gasteiger charge is -2.48. The summed E-state index contributed by atoms with van der Waals surface area (Å²) in [6, 6.07) is 0. The van der Waals surface area contributed by atoms with Crippen molar-refractivity contribution in [2.45, 2.75) is 222 Å². The molecule has 0 aromatic heterocycles. The van der Waals surface area contributed by atoms with Gasteiger partial charge < -0.3 is 174 Å². The summed E-state index contributed by atoms with van der Waals surface area (Å²) in [5, 5.41) is 232. The highest BCUT2D eigenvalue weighted by Crippen LogP contribution is 2.35. The van der Waals surface area contributed by atoms with Crippen LogP contribution in [0.1, 0.15) is 6.92 Å². The molecule has 7 heterocycles. The SMILES string of the molecule is C[C@@H]1O[C@@H](O)[C@H](O[C@H]2O[C@H](CO[C@@H]3O[C@H](CO[C@@H]4O[C@H](CO[C@@H]5O[C@H](CO[C@@H]6O[C@H](CO)[C@H](O)[C@H](O)[C@H]6O)[C@H](O)[C@H](O)[C@H]5O)[C@H](O)[C@H](O)[C@H]4O)[C@H](O)[C@H](O)[C@H]3O)[C@@H](O[C@@H]3O[C@H](CO)[C@H](O)[C@H](O)[C@H]3O)[C@H](O)[C@H]2O)[C@H](O)[C@H]1O. The molecule has 7 saturated heterocycles. The fourth-order valence-corrected chi connectivity index (χ4v) is 9.52. The molecule has 35 nitrogen and oxygen atoms in total. The van der Waals surface area contributed by atoms with Crippen LogP contribution in [0.15, 0.2) is 0 Å². The molecule has 0 aliphatic carbocycles. The number of hydrogen-bond acceptors (Lipinski definition) is 35. The molecule has 0 unspecified atom stereocenters. The molecule has 7 rings (SSSR count). The predicted octanol–water partition coefficient (Wildman–Crippen LogP) is -15.2. The van der Waals surface area contributed by atoms with E-state index in [-0.39, 0.29) is 0 Å². The van der Waals surface area contributed by atoms with Crippen molar-refractivity contribution in [1.82, 2.24) is 0 Å². The van der Waals surface area contributed by atoms with Crippen molar-refractivity contribution in [1.29, 1.82) is 0 Å². The molecule has 0 aromatic carbocycles. The summed E-state index contributed by atoms with van der Waals surface area (Å²) in [5.74, 6) is 0. The molecule has 0 bridgehead atoms. The van der Waals surface area contributed by atoms with Crippen LogP contribution in [0.4, 0.5) is 0 Å². The largest absolute Gasteiger partial charge is 0.394 e. The zero-order valence-electron chi connectivity index (χ0n) is 40.6. The van der Waals surface area contributed by atoms with Crippen LogP contribution in [0, 0.1) is 0 Å². The number of aliphatic hydroxyl groups excluding tert-OH is 22. The Labute approximate surface area is 435 Å². The molecule has 0 spiro atoms. The normalized spacial score (nSPS) is 54.0. The van der Waals surface area contributed by atoms with Gasteiger partial charge in [0.25, 0.3) is 0 Å². The van der Waals surface area contributed by atoms with Crippen molar-refractivity contribution in [3.63, 3.8) is 0 Å². The Kier molecular flexibility index (Phi) is 22.1. The van der Waals surface area contributed by atoms with Crippen LogP contribution in [0.5, 0.6) is 0 Å². The van der Waals surface area contributed by atoms with Crippen LogP contribution < -0.4 is 0 Å². The van der Waals surface area contributed by atoms with Crippen molar-refractivity contribution in [3.05, 3.63) is 0 Å². The minimum atomic E-state index is -2.17. The van der Waals surface area contributed by atoms with E-state index >= 15 is 0 Å². The first-order valence-electron chi connectivity index (χ1n) is 24.5. The highest BCUT2D eigenvalue weighted by Gasteiger charge is 2.55. The molecule has 0 aromatic rings. The zero-order valence-corrected chi connectivity index (χ0v) is 40.6. The molecule has 7 fully saturated rings. The molecule has 35 heteroatoms. The second-order valence-corrected chi connectivity index (χ2v) is 19.7. The molecule has 7 aliphatic heterocycles. The Bertz CT molecular complexity index is 1800. The highest BCUT2D eigenvalue weighted by molar-refractivity contribution is 4.98. The van der Waals surface area contributed by atoms with Crippen molar-refractivity contribution >= 4 is 0 Å². The van der Waals surface area contributed by atoms with E-state index in [1.807, 2.05) is 0 Å². The van der Waals surface area contributed by atoms with E-state index in [9.17, 15) is 112 Å². The van der Waals surface area contributed by atoms with Crippen LogP contribution in [-0.2, 0) is 61.6 Å². The van der Waals surface area contributed by atoms with Gasteiger partial charge in [0.1, 0.15) is 165 Å². The number of hydrogen-bond donors (Lipinski definition) is 22. The maximum absolute atomic E-state index is 11.4. The van der Waals surface area contributed by atoms with Gasteiger partial charge in [0.15, 0.2) is 44.0 Å². The quantitative estimate of drug-likeness (QED) is 0.0606. The summed E-state index contributed by atoms with van der Waals surface area (Å²) in [6.45, 7) is -3.73. The lowest BCUT2D eigenvalue weighted by Crippen LogP contribution is -2.66. The lowest BCUT2D eigenvalue weighted by atomic mass is 9.96. The predicted molar refractivity (Wildman–Crippen MR) is 230 cm³/mol. The Morgan fingerprint density at radius 1 is 0.260 bits per heavy atom. The van der Waals surface area contributed by atoms with E-state index in [0.717, 1.165) is 0 Å². The van der Waals surface area contributed by atoms with E-state index in [2.05, 4.69) is 0 Å². The van der Waals surface area contributed by atoms with Crippen LogP contribution in [-0.4, -0.2) is 367 Å². The Balaban J connectivity index is 0.987. The van der Waals surface area contributed by atoms with Gasteiger partial charge in [-0.15, -0.1) is 0 Å². The monoisotopic (exact) mass is 1140 g/mol. The van der Waals surface area contributed by atoms with Gasteiger partial charge in [-0.05, 0) is 6.92 Å². The molecule has 0 amide bonds. The molecular weight excluding hydrogens is 1060 g/mol. The minimum absolute atomic E-state index is 0.721. The van der Waals surface area contributed by atoms with E-state index in [4.69, 9.17) is 61.6 Å². The topological polar surface area (TPSA) is 565 Å². The summed E-state index contributed by atoms with van der Waals surface area (Å²) in [7, 11) is 0. The molecule has 77 heavy (non-hydrogen) atoms. The van der Waals surface area contributed by atoms with Gasteiger partial charge in [-0.25, -0.2) is 0 Å². The Hall–Kier alpha value is -1.40. The van der Waals surface area contributed by atoms with Gasteiger partial charge in [0.2, 0.25) is 0 Å². The van der Waals surface area contributed by atoms with Crippen LogP contribution >= 0.6 is 0 Å². The van der Waals surface area contributed by atoms with E-state index in [0.29, 0.717) is 0 Å². The average molecular weight is 1140 g/mol. The molecule has 35 atom stereocenters. The fourth-order valence-electron chi connectivity index (χ4n) is 9.52. The third kappa shape index (κ3) is 13.5. The smallest absolute Gasteiger partial charge is 0.187 e. The van der Waals surface area contributed by atoms with Gasteiger partial charge in [-0.1, -0.05) is 0 Å². The first-order valence-corrected chi connectivity index (χ1v) is 24.5. The molecular formula is C42H72O35. The maximum atomic E-state index is 11.4. The van der Waals surface area contributed by atoms with Crippen molar-refractivity contribution in [3.8, 4) is 0 Å². The van der Waals surface area contributed by atoms with Crippen molar-refractivity contribution < 1.29 is 174 Å². The summed E-state index contributed by atoms with van der Waals surface area (Å²) in [5.41, 5.74) is 0. The van der Waals surface area contributed by atoms with Crippen LogP contribution in [0.25, 0.3) is 0 Å². The van der Waals surface area contributed by atoms with E-state index in [1.54, 1.807) is 0 Å². The summed E-state index contributed by atoms with van der Waals surface area (Å²) >= 11 is 0. The zero-order chi connectivity index (χ0) is 56.6.